The van der Waals surface area contributed by atoms with Crippen molar-refractivity contribution in [2.45, 2.75) is 0 Å². The van der Waals surface area contributed by atoms with Crippen LogP contribution in [0.3, 0.4) is 0 Å². The van der Waals surface area contributed by atoms with Gasteiger partial charge in [0.2, 0.25) is 5.88 Å². The fourth-order valence-corrected chi connectivity index (χ4v) is 2.95. The average molecular weight is 357 g/mol. The molecule has 27 heavy (non-hydrogen) atoms. The number of fused-ring (bicyclic) bond motifs is 2. The summed E-state index contributed by atoms with van der Waals surface area (Å²) in [5.74, 6) is 3.10. The van der Waals surface area contributed by atoms with Crippen LogP contribution in [0, 0.1) is 0 Å². The summed E-state index contributed by atoms with van der Waals surface area (Å²) in [4.78, 5) is 13.4. The summed E-state index contributed by atoms with van der Waals surface area (Å²) < 4.78 is 17.3. The lowest BCUT2D eigenvalue weighted by atomic mass is 10.2. The molecule has 0 saturated carbocycles. The lowest BCUT2D eigenvalue weighted by molar-refractivity contribution is 0.171. The molecule has 0 fully saturated rings. The molecule has 132 valence electrons. The second-order valence-electron chi connectivity index (χ2n) is 6.01. The molecule has 0 atom stereocenters. The highest BCUT2D eigenvalue weighted by molar-refractivity contribution is 5.85. The minimum Gasteiger partial charge on any atom is -0.486 e. The second kappa shape index (κ2) is 6.57. The fourth-order valence-electron chi connectivity index (χ4n) is 2.95. The van der Waals surface area contributed by atoms with Gasteiger partial charge in [0.1, 0.15) is 19.0 Å². The van der Waals surface area contributed by atoms with Gasteiger partial charge in [0.25, 0.3) is 0 Å². The Labute approximate surface area is 155 Å². The lowest BCUT2D eigenvalue weighted by Gasteiger charge is -2.19. The predicted octanol–water partition coefficient (Wildman–Crippen LogP) is 4.26. The number of rotatable bonds is 3. The van der Waals surface area contributed by atoms with Crippen LogP contribution >= 0.6 is 0 Å². The van der Waals surface area contributed by atoms with Gasteiger partial charge in [-0.05, 0) is 36.4 Å². The fraction of sp³-hybridized carbons (Fsp3) is 0.0952. The van der Waals surface area contributed by atoms with E-state index in [1.807, 2.05) is 54.6 Å². The molecule has 5 rings (SSSR count). The molecule has 2 aromatic carbocycles. The average Bonchev–Trinajstić information content (AvgIpc) is 2.74. The van der Waals surface area contributed by atoms with Crippen molar-refractivity contribution >= 4 is 10.9 Å². The van der Waals surface area contributed by atoms with Gasteiger partial charge in [-0.25, -0.2) is 4.98 Å². The van der Waals surface area contributed by atoms with Crippen molar-refractivity contribution in [3.63, 3.8) is 0 Å². The lowest BCUT2D eigenvalue weighted by Crippen LogP contribution is -2.15. The minimum atomic E-state index is 0.490. The third kappa shape index (κ3) is 3.01. The van der Waals surface area contributed by atoms with Crippen molar-refractivity contribution in [1.29, 1.82) is 0 Å². The maximum Gasteiger partial charge on any atom is 0.230 e. The molecular formula is C21H15N3O3. The molecule has 6 heteroatoms. The highest BCUT2D eigenvalue weighted by Gasteiger charge is 2.15. The zero-order valence-corrected chi connectivity index (χ0v) is 14.3. The molecule has 1 aliphatic rings. The van der Waals surface area contributed by atoms with Crippen LogP contribution < -0.4 is 14.2 Å². The number of benzene rings is 2. The minimum absolute atomic E-state index is 0.490. The van der Waals surface area contributed by atoms with Crippen molar-refractivity contribution in [2.24, 2.45) is 0 Å². The topological polar surface area (TPSA) is 66.4 Å². The summed E-state index contributed by atoms with van der Waals surface area (Å²) >= 11 is 0. The zero-order valence-electron chi connectivity index (χ0n) is 14.3. The van der Waals surface area contributed by atoms with Crippen LogP contribution in [-0.2, 0) is 0 Å². The van der Waals surface area contributed by atoms with Gasteiger partial charge in [-0.1, -0.05) is 12.1 Å². The van der Waals surface area contributed by atoms with Crippen molar-refractivity contribution < 1.29 is 14.2 Å². The smallest absolute Gasteiger partial charge is 0.230 e. The van der Waals surface area contributed by atoms with Gasteiger partial charge >= 0.3 is 0 Å². The van der Waals surface area contributed by atoms with Gasteiger partial charge < -0.3 is 14.2 Å². The maximum atomic E-state index is 6.12. The van der Waals surface area contributed by atoms with Crippen LogP contribution in [0.5, 0.6) is 23.1 Å². The van der Waals surface area contributed by atoms with E-state index in [2.05, 4.69) is 15.0 Å². The molecule has 0 unspecified atom stereocenters. The van der Waals surface area contributed by atoms with E-state index in [4.69, 9.17) is 14.2 Å². The normalized spacial score (nSPS) is 12.7. The van der Waals surface area contributed by atoms with Gasteiger partial charge in [-0.2, -0.15) is 4.98 Å². The Morgan fingerprint density at radius 1 is 0.815 bits per heavy atom. The Hall–Kier alpha value is -3.67. The quantitative estimate of drug-likeness (QED) is 0.546. The molecule has 1 aliphatic heterocycles. The Balaban J connectivity index is 1.59. The molecule has 0 aliphatic carbocycles. The summed E-state index contributed by atoms with van der Waals surface area (Å²) in [6, 6.07) is 17.0. The van der Waals surface area contributed by atoms with Crippen molar-refractivity contribution in [1.82, 2.24) is 15.0 Å². The SMILES string of the molecule is c1ccc2c(Oc3ccc4c(c3)OCCO4)nc(-c3ccncc3)nc2c1. The summed E-state index contributed by atoms with van der Waals surface area (Å²) in [7, 11) is 0. The molecule has 2 aromatic heterocycles. The van der Waals surface area contributed by atoms with Crippen LogP contribution in [0.15, 0.2) is 67.0 Å². The van der Waals surface area contributed by atoms with Crippen molar-refractivity contribution in [3.8, 4) is 34.5 Å². The van der Waals surface area contributed by atoms with Crippen LogP contribution in [0.2, 0.25) is 0 Å². The molecule has 6 nitrogen and oxygen atoms in total. The maximum absolute atomic E-state index is 6.12. The number of para-hydroxylation sites is 1. The molecule has 0 bridgehead atoms. The first-order chi connectivity index (χ1) is 13.4. The predicted molar refractivity (Wildman–Crippen MR) is 100 cm³/mol. The van der Waals surface area contributed by atoms with E-state index < -0.39 is 0 Å². The molecule has 0 saturated heterocycles. The molecule has 0 N–H and O–H groups in total. The van der Waals surface area contributed by atoms with Gasteiger partial charge in [0, 0.05) is 24.0 Å². The molecule has 0 radical (unpaired) electrons. The largest absolute Gasteiger partial charge is 0.486 e. The van der Waals surface area contributed by atoms with E-state index in [9.17, 15) is 0 Å². The van der Waals surface area contributed by atoms with Crippen LogP contribution in [0.25, 0.3) is 22.3 Å². The van der Waals surface area contributed by atoms with Gasteiger partial charge in [0.15, 0.2) is 17.3 Å². The monoisotopic (exact) mass is 357 g/mol. The molecule has 0 spiro atoms. The first kappa shape index (κ1) is 15.6. The zero-order chi connectivity index (χ0) is 18.1. The van der Waals surface area contributed by atoms with Gasteiger partial charge in [-0.3, -0.25) is 4.98 Å². The van der Waals surface area contributed by atoms with Crippen molar-refractivity contribution in [3.05, 3.63) is 67.0 Å². The third-order valence-electron chi connectivity index (χ3n) is 4.23. The molecular weight excluding hydrogens is 342 g/mol. The number of pyridine rings is 1. The first-order valence-electron chi connectivity index (χ1n) is 8.61. The number of nitrogens with zero attached hydrogens (tertiary/aromatic N) is 3. The van der Waals surface area contributed by atoms with Gasteiger partial charge in [0.05, 0.1) is 10.9 Å². The third-order valence-corrected chi connectivity index (χ3v) is 4.23. The van der Waals surface area contributed by atoms with E-state index >= 15 is 0 Å². The summed E-state index contributed by atoms with van der Waals surface area (Å²) in [5.41, 5.74) is 1.69. The number of ether oxygens (including phenoxy) is 3. The summed E-state index contributed by atoms with van der Waals surface area (Å²) in [5, 5.41) is 0.838. The van der Waals surface area contributed by atoms with Crippen LogP contribution in [0.4, 0.5) is 0 Å². The van der Waals surface area contributed by atoms with E-state index in [1.54, 1.807) is 12.4 Å². The molecule has 4 aromatic rings. The highest BCUT2D eigenvalue weighted by atomic mass is 16.6. The molecule has 3 heterocycles. The second-order valence-corrected chi connectivity index (χ2v) is 6.01. The van der Waals surface area contributed by atoms with E-state index in [0.29, 0.717) is 36.4 Å². The molecule has 0 amide bonds. The Bertz CT molecular complexity index is 1120. The van der Waals surface area contributed by atoms with E-state index in [1.165, 1.54) is 0 Å². The van der Waals surface area contributed by atoms with E-state index in [0.717, 1.165) is 22.2 Å². The van der Waals surface area contributed by atoms with Crippen LogP contribution in [0.1, 0.15) is 0 Å². The standard InChI is InChI=1S/C21H15N3O3/c1-2-4-17-16(3-1)21(24-20(23-17)14-7-9-22-10-8-14)27-15-5-6-18-19(13-15)26-12-11-25-18/h1-10,13H,11-12H2. The van der Waals surface area contributed by atoms with Crippen molar-refractivity contribution in [2.75, 3.05) is 13.2 Å². The first-order valence-corrected chi connectivity index (χ1v) is 8.61. The Morgan fingerprint density at radius 3 is 2.52 bits per heavy atom. The number of aromatic nitrogens is 3. The van der Waals surface area contributed by atoms with E-state index in [-0.39, 0.29) is 0 Å². The van der Waals surface area contributed by atoms with Gasteiger partial charge in [-0.15, -0.1) is 0 Å². The Morgan fingerprint density at radius 2 is 1.63 bits per heavy atom. The summed E-state index contributed by atoms with van der Waals surface area (Å²) in [6.45, 7) is 1.08. The summed E-state index contributed by atoms with van der Waals surface area (Å²) in [6.07, 6.45) is 3.43. The Kier molecular flexibility index (Phi) is 3.79. The number of hydrogen-bond acceptors (Lipinski definition) is 6. The number of hydrogen-bond donors (Lipinski definition) is 0. The highest BCUT2D eigenvalue weighted by Crippen LogP contribution is 2.36. The van der Waals surface area contributed by atoms with Crippen LogP contribution in [-0.4, -0.2) is 28.2 Å².